The summed E-state index contributed by atoms with van der Waals surface area (Å²) in [6, 6.07) is 0. The first-order valence-electron chi connectivity index (χ1n) is 2.48. The van der Waals surface area contributed by atoms with Crippen LogP contribution in [0.4, 0.5) is 13.2 Å². The Morgan fingerprint density at radius 1 is 1.50 bits per heavy atom. The highest BCUT2D eigenvalue weighted by Crippen LogP contribution is 2.22. The summed E-state index contributed by atoms with van der Waals surface area (Å²) in [5.74, 6) is 0. The first kappa shape index (κ1) is 9.00. The molecule has 0 bridgehead atoms. The van der Waals surface area contributed by atoms with E-state index in [0.29, 0.717) is 12.3 Å². The average molecular weight is 152 g/mol. The molecule has 10 heavy (non-hydrogen) atoms. The van der Waals surface area contributed by atoms with Crippen molar-refractivity contribution in [2.75, 3.05) is 7.05 Å². The molecule has 0 fully saturated rings. The van der Waals surface area contributed by atoms with E-state index >= 15 is 0 Å². The summed E-state index contributed by atoms with van der Waals surface area (Å²) in [7, 11) is 1.16. The van der Waals surface area contributed by atoms with E-state index in [1.807, 2.05) is 5.32 Å². The van der Waals surface area contributed by atoms with Crippen molar-refractivity contribution in [3.8, 4) is 0 Å². The van der Waals surface area contributed by atoms with Crippen LogP contribution in [0.1, 0.15) is 0 Å². The summed E-state index contributed by atoms with van der Waals surface area (Å²) in [6.45, 7) is 0. The fourth-order valence-corrected chi connectivity index (χ4v) is 0.403. The summed E-state index contributed by atoms with van der Waals surface area (Å²) in [4.78, 5) is 0. The summed E-state index contributed by atoms with van der Waals surface area (Å²) >= 11 is 0. The SMILES string of the molecule is CN/C(=C\C=N)C(F)(F)F. The van der Waals surface area contributed by atoms with Gasteiger partial charge in [-0.1, -0.05) is 0 Å². The van der Waals surface area contributed by atoms with Gasteiger partial charge in [0.25, 0.3) is 0 Å². The van der Waals surface area contributed by atoms with E-state index in [9.17, 15) is 13.2 Å². The normalized spacial score (nSPS) is 13.0. The van der Waals surface area contributed by atoms with Gasteiger partial charge in [0.05, 0.1) is 0 Å². The molecule has 2 nitrogen and oxygen atoms in total. The molecule has 0 heterocycles. The number of nitrogens with one attached hydrogen (secondary N) is 2. The van der Waals surface area contributed by atoms with Crippen LogP contribution >= 0.6 is 0 Å². The van der Waals surface area contributed by atoms with Gasteiger partial charge in [-0.2, -0.15) is 13.2 Å². The number of alkyl halides is 3. The van der Waals surface area contributed by atoms with Gasteiger partial charge in [0, 0.05) is 13.3 Å². The van der Waals surface area contributed by atoms with Crippen LogP contribution in [0.3, 0.4) is 0 Å². The topological polar surface area (TPSA) is 35.9 Å². The van der Waals surface area contributed by atoms with Crippen LogP contribution in [-0.2, 0) is 0 Å². The summed E-state index contributed by atoms with van der Waals surface area (Å²) in [5, 5.41) is 8.30. The minimum atomic E-state index is -4.38. The number of hydrogen-bond donors (Lipinski definition) is 2. The van der Waals surface area contributed by atoms with Crippen LogP contribution in [0.25, 0.3) is 0 Å². The zero-order valence-corrected chi connectivity index (χ0v) is 5.29. The van der Waals surface area contributed by atoms with Crippen LogP contribution in [0, 0.1) is 5.41 Å². The highest BCUT2D eigenvalue weighted by molar-refractivity contribution is 5.69. The zero-order chi connectivity index (χ0) is 8.20. The predicted molar refractivity (Wildman–Crippen MR) is 32.0 cm³/mol. The largest absolute Gasteiger partial charge is 0.430 e. The van der Waals surface area contributed by atoms with Gasteiger partial charge in [-0.25, -0.2) is 0 Å². The molecule has 0 radical (unpaired) electrons. The maximum Gasteiger partial charge on any atom is 0.430 e. The average Bonchev–Trinajstić information content (AvgIpc) is 1.80. The molecule has 0 aromatic carbocycles. The second kappa shape index (κ2) is 3.24. The van der Waals surface area contributed by atoms with Gasteiger partial charge in [-0.15, -0.1) is 0 Å². The zero-order valence-electron chi connectivity index (χ0n) is 5.29. The second-order valence-corrected chi connectivity index (χ2v) is 1.49. The minimum absolute atomic E-state index is 0.583. The molecular formula is C5H7F3N2. The quantitative estimate of drug-likeness (QED) is 0.575. The maximum atomic E-state index is 11.7. The van der Waals surface area contributed by atoms with Gasteiger partial charge in [0.15, 0.2) is 0 Å². The van der Waals surface area contributed by atoms with Crippen LogP contribution in [0.2, 0.25) is 0 Å². The molecule has 0 aliphatic rings. The maximum absolute atomic E-state index is 11.7. The smallest absolute Gasteiger partial charge is 0.384 e. The van der Waals surface area contributed by atoms with Crippen molar-refractivity contribution in [2.45, 2.75) is 6.18 Å². The second-order valence-electron chi connectivity index (χ2n) is 1.49. The monoisotopic (exact) mass is 152 g/mol. The van der Waals surface area contributed by atoms with Crippen molar-refractivity contribution < 1.29 is 13.2 Å². The lowest BCUT2D eigenvalue weighted by Crippen LogP contribution is -2.23. The number of hydrogen-bond acceptors (Lipinski definition) is 2. The van der Waals surface area contributed by atoms with Gasteiger partial charge < -0.3 is 10.7 Å². The van der Waals surface area contributed by atoms with Crippen LogP contribution < -0.4 is 5.32 Å². The standard InChI is InChI=1S/C5H7F3N2/c1-10-4(2-3-9)5(6,7)8/h2-3,9-10H,1H3/b4-2-,9-3?. The number of allylic oxidation sites excluding steroid dienone is 2. The lowest BCUT2D eigenvalue weighted by molar-refractivity contribution is -0.0958. The Bertz CT molecular complexity index is 147. The molecule has 0 saturated carbocycles. The first-order valence-corrected chi connectivity index (χ1v) is 2.48. The van der Waals surface area contributed by atoms with Crippen LogP contribution in [-0.4, -0.2) is 19.4 Å². The lowest BCUT2D eigenvalue weighted by Gasteiger charge is -2.08. The fourth-order valence-electron chi connectivity index (χ4n) is 0.403. The highest BCUT2D eigenvalue weighted by atomic mass is 19.4. The third kappa shape index (κ3) is 2.52. The molecule has 0 aromatic heterocycles. The minimum Gasteiger partial charge on any atom is -0.384 e. The van der Waals surface area contributed by atoms with Gasteiger partial charge in [-0.05, 0) is 6.08 Å². The third-order valence-electron chi connectivity index (χ3n) is 0.825. The Balaban J connectivity index is 4.35. The third-order valence-corrected chi connectivity index (χ3v) is 0.825. The molecule has 0 saturated heterocycles. The van der Waals surface area contributed by atoms with Gasteiger partial charge in [-0.3, -0.25) is 0 Å². The summed E-state index contributed by atoms with van der Waals surface area (Å²) in [6.07, 6.45) is -3.15. The Kier molecular flexibility index (Phi) is 2.92. The van der Waals surface area contributed by atoms with E-state index in [1.165, 1.54) is 0 Å². The molecule has 2 N–H and O–H groups in total. The highest BCUT2D eigenvalue weighted by Gasteiger charge is 2.32. The summed E-state index contributed by atoms with van der Waals surface area (Å²) in [5.41, 5.74) is -0.914. The fraction of sp³-hybridized carbons (Fsp3) is 0.400. The molecule has 0 atom stereocenters. The van der Waals surface area contributed by atoms with E-state index in [-0.39, 0.29) is 0 Å². The van der Waals surface area contributed by atoms with Gasteiger partial charge in [0.1, 0.15) is 5.70 Å². The van der Waals surface area contributed by atoms with Crippen molar-refractivity contribution in [1.29, 1.82) is 5.41 Å². The lowest BCUT2D eigenvalue weighted by atomic mass is 10.4. The molecule has 0 aliphatic carbocycles. The van der Waals surface area contributed by atoms with Crippen molar-refractivity contribution >= 4 is 6.21 Å². The van der Waals surface area contributed by atoms with Crippen molar-refractivity contribution in [3.63, 3.8) is 0 Å². The molecular weight excluding hydrogens is 145 g/mol. The Hall–Kier alpha value is -1.00. The van der Waals surface area contributed by atoms with E-state index in [2.05, 4.69) is 0 Å². The van der Waals surface area contributed by atoms with Crippen molar-refractivity contribution in [3.05, 3.63) is 11.8 Å². The van der Waals surface area contributed by atoms with E-state index in [0.717, 1.165) is 7.05 Å². The molecule has 0 amide bonds. The van der Waals surface area contributed by atoms with Crippen molar-refractivity contribution in [2.24, 2.45) is 0 Å². The molecule has 5 heteroatoms. The Morgan fingerprint density at radius 3 is 2.10 bits per heavy atom. The molecule has 58 valence electrons. The van der Waals surface area contributed by atoms with Crippen LogP contribution in [0.5, 0.6) is 0 Å². The molecule has 0 aliphatic heterocycles. The van der Waals surface area contributed by atoms with E-state index in [1.54, 1.807) is 0 Å². The first-order chi connectivity index (χ1) is 4.52. The molecule has 0 unspecified atom stereocenters. The van der Waals surface area contributed by atoms with Gasteiger partial charge in [0.2, 0.25) is 0 Å². The van der Waals surface area contributed by atoms with E-state index in [4.69, 9.17) is 5.41 Å². The number of halogens is 3. The Morgan fingerprint density at radius 2 is 2.00 bits per heavy atom. The predicted octanol–water partition coefficient (Wildman–Crippen LogP) is 1.30. The molecule has 0 aromatic rings. The summed E-state index contributed by atoms with van der Waals surface area (Å²) < 4.78 is 35.0. The van der Waals surface area contributed by atoms with Crippen LogP contribution in [0.15, 0.2) is 11.8 Å². The van der Waals surface area contributed by atoms with Gasteiger partial charge >= 0.3 is 6.18 Å². The number of rotatable bonds is 2. The van der Waals surface area contributed by atoms with E-state index < -0.39 is 11.9 Å². The molecule has 0 rings (SSSR count). The molecule has 0 spiro atoms. The van der Waals surface area contributed by atoms with Crippen molar-refractivity contribution in [1.82, 2.24) is 5.32 Å². The Labute approximate surface area is 56.2 Å².